The van der Waals surface area contributed by atoms with Crippen molar-refractivity contribution in [3.05, 3.63) is 293 Å². The second kappa shape index (κ2) is 14.3. The molecule has 322 valence electrons. The van der Waals surface area contributed by atoms with E-state index in [0.717, 1.165) is 67.7 Å². The van der Waals surface area contributed by atoms with Crippen LogP contribution in [0.1, 0.15) is 44.5 Å². The van der Waals surface area contributed by atoms with Gasteiger partial charge in [0.1, 0.15) is 23.0 Å². The fourth-order valence-corrected chi connectivity index (χ4v) is 12.6. The van der Waals surface area contributed by atoms with Gasteiger partial charge in [-0.3, -0.25) is 0 Å². The third-order valence-electron chi connectivity index (χ3n) is 15.4. The molecule has 3 nitrogen and oxygen atoms in total. The van der Waals surface area contributed by atoms with E-state index in [-0.39, 0.29) is 0 Å². The zero-order chi connectivity index (χ0) is 45.3. The van der Waals surface area contributed by atoms with Crippen molar-refractivity contribution in [2.24, 2.45) is 0 Å². The highest BCUT2D eigenvalue weighted by molar-refractivity contribution is 6.00. The number of rotatable bonds is 4. The van der Waals surface area contributed by atoms with Gasteiger partial charge in [-0.1, -0.05) is 188 Å². The second-order valence-electron chi connectivity index (χ2n) is 18.7. The molecule has 3 heteroatoms. The quantitative estimate of drug-likeness (QED) is 0.176. The number of fused-ring (bicyclic) bond motifs is 19. The lowest BCUT2D eigenvalue weighted by atomic mass is 9.66. The number of ether oxygens (including phenoxy) is 2. The molecule has 0 N–H and O–H groups in total. The molecule has 2 aliphatic carbocycles. The van der Waals surface area contributed by atoms with Gasteiger partial charge in [-0.2, -0.15) is 0 Å². The van der Waals surface area contributed by atoms with Gasteiger partial charge < -0.3 is 14.4 Å². The van der Waals surface area contributed by atoms with Crippen LogP contribution in [-0.4, -0.2) is 0 Å². The van der Waals surface area contributed by atoms with Gasteiger partial charge in [0.05, 0.1) is 16.5 Å². The Morgan fingerprint density at radius 1 is 0.275 bits per heavy atom. The molecule has 2 heterocycles. The zero-order valence-electron chi connectivity index (χ0n) is 37.4. The smallest absolute Gasteiger partial charge is 0.132 e. The zero-order valence-corrected chi connectivity index (χ0v) is 37.4. The number of para-hydroxylation sites is 3. The molecule has 0 amide bonds. The molecular formula is C66H41NO2. The van der Waals surface area contributed by atoms with E-state index >= 15 is 0 Å². The van der Waals surface area contributed by atoms with Crippen LogP contribution < -0.4 is 14.4 Å². The molecule has 0 aromatic heterocycles. The summed E-state index contributed by atoms with van der Waals surface area (Å²) in [6, 6.07) is 91.0. The van der Waals surface area contributed by atoms with E-state index in [4.69, 9.17) is 9.47 Å². The van der Waals surface area contributed by atoms with Crippen molar-refractivity contribution in [3.63, 3.8) is 0 Å². The molecule has 2 aliphatic heterocycles. The van der Waals surface area contributed by atoms with E-state index in [1.807, 2.05) is 0 Å². The summed E-state index contributed by atoms with van der Waals surface area (Å²) in [4.78, 5) is 2.50. The molecule has 0 fully saturated rings. The number of hydrogen-bond acceptors (Lipinski definition) is 3. The minimum absolute atomic E-state index is 0.621. The monoisotopic (exact) mass is 879 g/mol. The maximum absolute atomic E-state index is 6.92. The fraction of sp³-hybridized carbons (Fsp3) is 0.0303. The Balaban J connectivity index is 1.03. The summed E-state index contributed by atoms with van der Waals surface area (Å²) < 4.78 is 13.7. The van der Waals surface area contributed by atoms with Crippen LogP contribution in [0.2, 0.25) is 0 Å². The van der Waals surface area contributed by atoms with Crippen molar-refractivity contribution in [3.8, 4) is 56.4 Å². The average molecular weight is 880 g/mol. The summed E-state index contributed by atoms with van der Waals surface area (Å²) in [6.45, 7) is 0. The Labute approximate surface area is 400 Å². The molecule has 2 spiro atoms. The van der Waals surface area contributed by atoms with Crippen molar-refractivity contribution < 1.29 is 9.47 Å². The lowest BCUT2D eigenvalue weighted by Crippen LogP contribution is -2.32. The molecule has 15 rings (SSSR count). The third kappa shape index (κ3) is 5.11. The Bertz CT molecular complexity index is 3880. The van der Waals surface area contributed by atoms with Crippen molar-refractivity contribution in [1.29, 1.82) is 0 Å². The van der Waals surface area contributed by atoms with E-state index in [9.17, 15) is 0 Å². The summed E-state index contributed by atoms with van der Waals surface area (Å²) in [7, 11) is 0. The molecule has 0 radical (unpaired) electrons. The number of nitrogens with zero attached hydrogens (tertiary/aromatic N) is 1. The molecule has 11 aromatic carbocycles. The lowest BCUT2D eigenvalue weighted by molar-refractivity contribution is 0.436. The molecule has 1 atom stereocenters. The molecular weight excluding hydrogens is 839 g/mol. The predicted octanol–water partition coefficient (Wildman–Crippen LogP) is 16.9. The first-order chi connectivity index (χ1) is 34.2. The summed E-state index contributed by atoms with van der Waals surface area (Å²) in [5, 5.41) is 2.34. The van der Waals surface area contributed by atoms with Gasteiger partial charge in [0.25, 0.3) is 0 Å². The first-order valence-corrected chi connectivity index (χ1v) is 23.8. The van der Waals surface area contributed by atoms with Crippen LogP contribution in [0.25, 0.3) is 44.2 Å². The standard InChI is InChI=1S/C66H41NO2/c1-2-17-42(18-3-1)43-33-35-46(36-34-43)67(47-37-38-49-48-21-6-8-23-51(48)65(57(49)41-47)53-25-10-13-30-60(53)68-61-31-14-11-26-54(61)65)59-29-16-28-56-64(59)50-22-7-9-24-52(50)66(56)55-27-12-15-32-62(55)69-63-40-45-20-5-4-19-44(45)39-58(63)66/h1-41H. The van der Waals surface area contributed by atoms with Gasteiger partial charge in [-0.05, 0) is 122 Å². The Hall–Kier alpha value is -8.92. The van der Waals surface area contributed by atoms with Crippen molar-refractivity contribution in [2.75, 3.05) is 4.90 Å². The van der Waals surface area contributed by atoms with Gasteiger partial charge in [0.2, 0.25) is 0 Å². The van der Waals surface area contributed by atoms with Crippen LogP contribution in [0.5, 0.6) is 23.0 Å². The summed E-state index contributed by atoms with van der Waals surface area (Å²) >= 11 is 0. The molecule has 0 saturated heterocycles. The molecule has 11 aromatic rings. The minimum atomic E-state index is -0.655. The lowest BCUT2D eigenvalue weighted by Gasteiger charge is -2.40. The van der Waals surface area contributed by atoms with Crippen molar-refractivity contribution >= 4 is 27.8 Å². The topological polar surface area (TPSA) is 21.7 Å². The first-order valence-electron chi connectivity index (χ1n) is 23.8. The molecule has 0 bridgehead atoms. The Morgan fingerprint density at radius 2 is 0.754 bits per heavy atom. The predicted molar refractivity (Wildman–Crippen MR) is 279 cm³/mol. The van der Waals surface area contributed by atoms with E-state index < -0.39 is 10.8 Å². The normalized spacial score (nSPS) is 15.7. The van der Waals surface area contributed by atoms with Gasteiger partial charge in [0, 0.05) is 39.2 Å². The first kappa shape index (κ1) is 38.2. The molecule has 4 aliphatic rings. The van der Waals surface area contributed by atoms with Gasteiger partial charge >= 0.3 is 0 Å². The highest BCUT2D eigenvalue weighted by Gasteiger charge is 2.53. The van der Waals surface area contributed by atoms with Gasteiger partial charge in [-0.15, -0.1) is 0 Å². The summed E-state index contributed by atoms with van der Waals surface area (Å²) in [6.07, 6.45) is 0. The van der Waals surface area contributed by atoms with Crippen LogP contribution >= 0.6 is 0 Å². The van der Waals surface area contributed by atoms with Crippen molar-refractivity contribution in [2.45, 2.75) is 10.8 Å². The largest absolute Gasteiger partial charge is 0.457 e. The van der Waals surface area contributed by atoms with Gasteiger partial charge in [0.15, 0.2) is 0 Å². The maximum atomic E-state index is 6.92. The van der Waals surface area contributed by atoms with Crippen molar-refractivity contribution in [1.82, 2.24) is 0 Å². The third-order valence-corrected chi connectivity index (χ3v) is 15.4. The highest BCUT2D eigenvalue weighted by Crippen LogP contribution is 2.66. The molecule has 0 saturated carbocycles. The molecule has 69 heavy (non-hydrogen) atoms. The van der Waals surface area contributed by atoms with Crippen LogP contribution in [0.3, 0.4) is 0 Å². The number of anilines is 3. The van der Waals surface area contributed by atoms with E-state index in [1.54, 1.807) is 0 Å². The van der Waals surface area contributed by atoms with Crippen LogP contribution in [0.15, 0.2) is 249 Å². The maximum Gasteiger partial charge on any atom is 0.132 e. The van der Waals surface area contributed by atoms with Gasteiger partial charge in [-0.25, -0.2) is 0 Å². The van der Waals surface area contributed by atoms with E-state index in [0.29, 0.717) is 0 Å². The number of hydrogen-bond donors (Lipinski definition) is 0. The average Bonchev–Trinajstić information content (AvgIpc) is 3.87. The minimum Gasteiger partial charge on any atom is -0.457 e. The number of benzene rings is 11. The highest BCUT2D eigenvalue weighted by atomic mass is 16.5. The second-order valence-corrected chi connectivity index (χ2v) is 18.7. The summed E-state index contributed by atoms with van der Waals surface area (Å²) in [5.41, 5.74) is 18.8. The van der Waals surface area contributed by atoms with E-state index in [1.165, 1.54) is 61.0 Å². The summed E-state index contributed by atoms with van der Waals surface area (Å²) in [5.74, 6) is 3.52. The van der Waals surface area contributed by atoms with E-state index in [2.05, 4.69) is 254 Å². The fourth-order valence-electron chi connectivity index (χ4n) is 12.6. The van der Waals surface area contributed by atoms with Crippen LogP contribution in [-0.2, 0) is 10.8 Å². The van der Waals surface area contributed by atoms with Crippen LogP contribution in [0.4, 0.5) is 17.1 Å². The Morgan fingerprint density at radius 3 is 1.43 bits per heavy atom. The molecule has 1 unspecified atom stereocenters. The SMILES string of the molecule is c1ccc(-c2ccc(N(c3ccc4c(c3)C3(c5ccccc5Oc5ccccc53)c3ccccc3-4)c3cccc4c3-c3ccccc3C43c4ccccc4Oc4cc5ccccc5cc43)cc2)cc1. The Kier molecular flexibility index (Phi) is 7.92. The van der Waals surface area contributed by atoms with Crippen LogP contribution in [0, 0.1) is 0 Å².